The largest absolute Gasteiger partial charge is 0.378 e. The van der Waals surface area contributed by atoms with Crippen molar-refractivity contribution in [1.82, 2.24) is 9.97 Å². The Labute approximate surface area is 72.8 Å². The van der Waals surface area contributed by atoms with Crippen molar-refractivity contribution in [1.29, 1.82) is 0 Å². The highest BCUT2D eigenvalue weighted by atomic mass is 16.5. The predicted octanol–water partition coefficient (Wildman–Crippen LogP) is 1.49. The summed E-state index contributed by atoms with van der Waals surface area (Å²) >= 11 is 0. The number of ether oxygens (including phenoxy) is 1. The lowest BCUT2D eigenvalue weighted by molar-refractivity contribution is 0.180. The molecule has 0 aliphatic carbocycles. The van der Waals surface area contributed by atoms with Crippen molar-refractivity contribution in [2.45, 2.75) is 26.9 Å². The summed E-state index contributed by atoms with van der Waals surface area (Å²) in [6.45, 7) is 4.55. The summed E-state index contributed by atoms with van der Waals surface area (Å²) in [4.78, 5) is 8.42. The standard InChI is InChI=1S/C9H14N2O/c1-4-8-5-10-7(2)11-9(8)6-12-3/h5H,4,6H2,1-3H3. The summed E-state index contributed by atoms with van der Waals surface area (Å²) in [5.41, 5.74) is 2.18. The molecule has 1 heterocycles. The molecule has 12 heavy (non-hydrogen) atoms. The molecule has 0 fully saturated rings. The molecule has 0 atom stereocenters. The predicted molar refractivity (Wildman–Crippen MR) is 46.9 cm³/mol. The lowest BCUT2D eigenvalue weighted by Gasteiger charge is -2.05. The van der Waals surface area contributed by atoms with Crippen LogP contribution >= 0.6 is 0 Å². The topological polar surface area (TPSA) is 35.0 Å². The van der Waals surface area contributed by atoms with Crippen LogP contribution in [-0.2, 0) is 17.8 Å². The van der Waals surface area contributed by atoms with E-state index in [1.807, 2.05) is 13.1 Å². The molecule has 66 valence electrons. The first-order chi connectivity index (χ1) is 5.77. The van der Waals surface area contributed by atoms with E-state index in [9.17, 15) is 0 Å². The van der Waals surface area contributed by atoms with Gasteiger partial charge in [-0.2, -0.15) is 0 Å². The molecule has 0 radical (unpaired) electrons. The molecule has 0 saturated carbocycles. The molecule has 3 heteroatoms. The third-order valence-corrected chi connectivity index (χ3v) is 1.74. The zero-order valence-corrected chi connectivity index (χ0v) is 7.79. The van der Waals surface area contributed by atoms with Gasteiger partial charge in [0.25, 0.3) is 0 Å². The Morgan fingerprint density at radius 2 is 2.25 bits per heavy atom. The molecule has 3 nitrogen and oxygen atoms in total. The van der Waals surface area contributed by atoms with Gasteiger partial charge >= 0.3 is 0 Å². The minimum absolute atomic E-state index is 0.576. The molecule has 1 aromatic heterocycles. The number of methoxy groups -OCH3 is 1. The normalized spacial score (nSPS) is 10.2. The van der Waals surface area contributed by atoms with Gasteiger partial charge in [0.05, 0.1) is 12.3 Å². The number of aryl methyl sites for hydroxylation is 2. The van der Waals surface area contributed by atoms with Crippen LogP contribution in [-0.4, -0.2) is 17.1 Å². The molecule has 0 aliphatic heterocycles. The van der Waals surface area contributed by atoms with Gasteiger partial charge in [0.1, 0.15) is 5.82 Å². The van der Waals surface area contributed by atoms with E-state index in [0.717, 1.165) is 17.9 Å². The van der Waals surface area contributed by atoms with Crippen molar-refractivity contribution in [2.75, 3.05) is 7.11 Å². The molecular weight excluding hydrogens is 152 g/mol. The highest BCUT2D eigenvalue weighted by Crippen LogP contribution is 2.06. The van der Waals surface area contributed by atoms with Crippen molar-refractivity contribution in [3.05, 3.63) is 23.3 Å². The molecule has 0 amide bonds. The van der Waals surface area contributed by atoms with Gasteiger partial charge < -0.3 is 4.74 Å². The summed E-state index contributed by atoms with van der Waals surface area (Å²) in [5, 5.41) is 0. The van der Waals surface area contributed by atoms with Gasteiger partial charge in [-0.3, -0.25) is 0 Å². The van der Waals surface area contributed by atoms with Gasteiger partial charge in [0.2, 0.25) is 0 Å². The lowest BCUT2D eigenvalue weighted by atomic mass is 10.2. The first kappa shape index (κ1) is 9.13. The smallest absolute Gasteiger partial charge is 0.125 e. The molecule has 0 saturated heterocycles. The number of nitrogens with zero attached hydrogens (tertiary/aromatic N) is 2. The second kappa shape index (κ2) is 4.16. The minimum atomic E-state index is 0.576. The molecule has 1 rings (SSSR count). The lowest BCUT2D eigenvalue weighted by Crippen LogP contribution is -2.02. The van der Waals surface area contributed by atoms with E-state index in [1.54, 1.807) is 7.11 Å². The number of hydrogen-bond donors (Lipinski definition) is 0. The Morgan fingerprint density at radius 3 is 2.83 bits per heavy atom. The maximum absolute atomic E-state index is 5.04. The van der Waals surface area contributed by atoms with Crippen LogP contribution in [0.25, 0.3) is 0 Å². The van der Waals surface area contributed by atoms with Gasteiger partial charge in [-0.1, -0.05) is 6.92 Å². The van der Waals surface area contributed by atoms with E-state index < -0.39 is 0 Å². The van der Waals surface area contributed by atoms with Crippen LogP contribution in [0, 0.1) is 6.92 Å². The Morgan fingerprint density at radius 1 is 1.50 bits per heavy atom. The zero-order chi connectivity index (χ0) is 8.97. The van der Waals surface area contributed by atoms with Gasteiger partial charge in [-0.15, -0.1) is 0 Å². The molecule has 0 bridgehead atoms. The van der Waals surface area contributed by atoms with Gasteiger partial charge in [0.15, 0.2) is 0 Å². The van der Waals surface area contributed by atoms with E-state index in [4.69, 9.17) is 4.74 Å². The number of aromatic nitrogens is 2. The van der Waals surface area contributed by atoms with Crippen molar-refractivity contribution < 1.29 is 4.74 Å². The molecule has 0 spiro atoms. The summed E-state index contributed by atoms with van der Waals surface area (Å²) in [5.74, 6) is 0.805. The maximum atomic E-state index is 5.04. The first-order valence-corrected chi connectivity index (χ1v) is 4.08. The van der Waals surface area contributed by atoms with Crippen molar-refractivity contribution in [2.24, 2.45) is 0 Å². The number of hydrogen-bond acceptors (Lipinski definition) is 3. The molecular formula is C9H14N2O. The molecule has 0 unspecified atom stereocenters. The van der Waals surface area contributed by atoms with E-state index in [0.29, 0.717) is 6.61 Å². The van der Waals surface area contributed by atoms with E-state index >= 15 is 0 Å². The molecule has 1 aromatic rings. The fourth-order valence-electron chi connectivity index (χ4n) is 1.10. The van der Waals surface area contributed by atoms with Crippen LogP contribution in [0.4, 0.5) is 0 Å². The van der Waals surface area contributed by atoms with Gasteiger partial charge in [-0.25, -0.2) is 9.97 Å². The Balaban J connectivity index is 2.95. The molecule has 0 N–H and O–H groups in total. The van der Waals surface area contributed by atoms with Gasteiger partial charge in [0, 0.05) is 13.3 Å². The van der Waals surface area contributed by atoms with Gasteiger partial charge in [-0.05, 0) is 18.9 Å². The van der Waals surface area contributed by atoms with E-state index in [-0.39, 0.29) is 0 Å². The van der Waals surface area contributed by atoms with Crippen LogP contribution in [0.5, 0.6) is 0 Å². The fraction of sp³-hybridized carbons (Fsp3) is 0.556. The van der Waals surface area contributed by atoms with Crippen LogP contribution in [0.2, 0.25) is 0 Å². The summed E-state index contributed by atoms with van der Waals surface area (Å²) in [6.07, 6.45) is 2.83. The Hall–Kier alpha value is -0.960. The van der Waals surface area contributed by atoms with Crippen molar-refractivity contribution >= 4 is 0 Å². The average molecular weight is 166 g/mol. The van der Waals surface area contributed by atoms with Crippen LogP contribution in [0.15, 0.2) is 6.20 Å². The summed E-state index contributed by atoms with van der Waals surface area (Å²) < 4.78 is 5.04. The van der Waals surface area contributed by atoms with Crippen LogP contribution < -0.4 is 0 Å². The Bertz CT molecular complexity index is 261. The highest BCUT2D eigenvalue weighted by molar-refractivity contribution is 5.16. The first-order valence-electron chi connectivity index (χ1n) is 4.08. The van der Waals surface area contributed by atoms with E-state index in [2.05, 4.69) is 16.9 Å². The van der Waals surface area contributed by atoms with E-state index in [1.165, 1.54) is 5.56 Å². The van der Waals surface area contributed by atoms with Crippen molar-refractivity contribution in [3.63, 3.8) is 0 Å². The number of rotatable bonds is 3. The third kappa shape index (κ3) is 2.01. The summed E-state index contributed by atoms with van der Waals surface area (Å²) in [6, 6.07) is 0. The Kier molecular flexibility index (Phi) is 3.17. The van der Waals surface area contributed by atoms with Crippen LogP contribution in [0.1, 0.15) is 24.0 Å². The molecule has 0 aromatic carbocycles. The summed E-state index contributed by atoms with van der Waals surface area (Å²) in [7, 11) is 1.68. The maximum Gasteiger partial charge on any atom is 0.125 e. The SMILES string of the molecule is CCc1cnc(C)nc1COC. The van der Waals surface area contributed by atoms with Crippen molar-refractivity contribution in [3.8, 4) is 0 Å². The average Bonchev–Trinajstić information content (AvgIpc) is 2.05. The highest BCUT2D eigenvalue weighted by Gasteiger charge is 2.02. The third-order valence-electron chi connectivity index (χ3n) is 1.74. The molecule has 0 aliphatic rings. The quantitative estimate of drug-likeness (QED) is 0.682. The zero-order valence-electron chi connectivity index (χ0n) is 7.79. The van der Waals surface area contributed by atoms with Crippen LogP contribution in [0.3, 0.4) is 0 Å². The minimum Gasteiger partial charge on any atom is -0.378 e. The monoisotopic (exact) mass is 166 g/mol. The second-order valence-corrected chi connectivity index (χ2v) is 2.68. The fourth-order valence-corrected chi connectivity index (χ4v) is 1.10. The second-order valence-electron chi connectivity index (χ2n) is 2.68.